The number of anilines is 1. The van der Waals surface area contributed by atoms with Gasteiger partial charge in [-0.1, -0.05) is 12.1 Å². The third-order valence-corrected chi connectivity index (χ3v) is 3.07. The Hall–Kier alpha value is -2.69. The monoisotopic (exact) mass is 282 g/mol. The lowest BCUT2D eigenvalue weighted by atomic mass is 10.1. The van der Waals surface area contributed by atoms with Crippen molar-refractivity contribution in [2.75, 3.05) is 19.0 Å². The highest BCUT2D eigenvalue weighted by Gasteiger charge is 2.04. The van der Waals surface area contributed by atoms with Crippen LogP contribution in [0.5, 0.6) is 5.75 Å². The molecule has 0 aliphatic heterocycles. The Bertz CT molecular complexity index is 759. The third kappa shape index (κ3) is 2.91. The number of rotatable bonds is 4. The summed E-state index contributed by atoms with van der Waals surface area (Å²) in [6, 6.07) is 12.8. The van der Waals surface area contributed by atoms with Gasteiger partial charge >= 0.3 is 0 Å². The molecule has 0 atom stereocenters. The summed E-state index contributed by atoms with van der Waals surface area (Å²) in [5, 5.41) is 0. The van der Waals surface area contributed by atoms with Gasteiger partial charge in [0.15, 0.2) is 0 Å². The highest BCUT2D eigenvalue weighted by molar-refractivity contribution is 5.78. The van der Waals surface area contributed by atoms with E-state index >= 15 is 0 Å². The molecule has 0 spiro atoms. The van der Waals surface area contributed by atoms with E-state index in [4.69, 9.17) is 10.5 Å². The summed E-state index contributed by atoms with van der Waals surface area (Å²) in [5.74, 6) is 0.587. The number of nitrogens with zero attached hydrogens (tertiary/aromatic N) is 2. The van der Waals surface area contributed by atoms with Crippen LogP contribution in [0.2, 0.25) is 0 Å². The van der Waals surface area contributed by atoms with Gasteiger partial charge in [0.05, 0.1) is 22.9 Å². The van der Waals surface area contributed by atoms with Crippen molar-refractivity contribution in [2.24, 2.45) is 0 Å². The van der Waals surface area contributed by atoms with Crippen molar-refractivity contribution in [3.8, 4) is 17.0 Å². The Morgan fingerprint density at radius 1 is 1.05 bits per heavy atom. The van der Waals surface area contributed by atoms with Crippen molar-refractivity contribution in [3.63, 3.8) is 0 Å². The molecule has 3 rings (SSSR count). The molecule has 1 heterocycles. The quantitative estimate of drug-likeness (QED) is 0.746. The molecule has 3 aromatic rings. The molecule has 0 aliphatic rings. The Morgan fingerprint density at radius 3 is 2.62 bits per heavy atom. The van der Waals surface area contributed by atoms with Crippen LogP contribution in [0.3, 0.4) is 0 Å². The number of fused-ring (bicyclic) bond motifs is 1. The number of nitrogens with two attached hydrogens (primary N) is 1. The molecule has 0 saturated heterocycles. The molecule has 0 fully saturated rings. The summed E-state index contributed by atoms with van der Waals surface area (Å²) in [6.07, 6.45) is 1.72. The molecule has 0 amide bonds. The molecule has 0 aliphatic carbocycles. The molecule has 2 aromatic carbocycles. The lowest BCUT2D eigenvalue weighted by Gasteiger charge is -2.06. The number of ether oxygens (including phenoxy) is 1. The number of alkyl halides is 1. The molecule has 106 valence electrons. The Morgan fingerprint density at radius 2 is 1.86 bits per heavy atom. The van der Waals surface area contributed by atoms with Crippen molar-refractivity contribution in [1.29, 1.82) is 0 Å². The second-order valence-electron chi connectivity index (χ2n) is 4.57. The van der Waals surface area contributed by atoms with Crippen molar-refractivity contribution < 1.29 is 9.13 Å². The Balaban J connectivity index is 1.99. The number of benzene rings is 2. The number of nitrogen functional groups attached to an aromatic ring is 1. The summed E-state index contributed by atoms with van der Waals surface area (Å²) >= 11 is 0. The zero-order valence-electron chi connectivity index (χ0n) is 11.3. The number of hydrogen-bond acceptors (Lipinski definition) is 4. The first-order chi connectivity index (χ1) is 10.3. The average Bonchev–Trinajstić information content (AvgIpc) is 2.53. The van der Waals surface area contributed by atoms with Gasteiger partial charge in [-0.2, -0.15) is 0 Å². The van der Waals surface area contributed by atoms with E-state index in [1.165, 1.54) is 0 Å². The van der Waals surface area contributed by atoms with Gasteiger partial charge in [-0.3, -0.25) is 4.98 Å². The van der Waals surface area contributed by atoms with Crippen LogP contribution >= 0.6 is 0 Å². The molecule has 4 nitrogen and oxygen atoms in total. The Labute approximate surface area is 121 Å². The lowest BCUT2D eigenvalue weighted by Crippen LogP contribution is -1.99. The third-order valence-electron chi connectivity index (χ3n) is 3.07. The number of aromatic nitrogens is 2. The van der Waals surface area contributed by atoms with Crippen LogP contribution < -0.4 is 10.5 Å². The van der Waals surface area contributed by atoms with Crippen LogP contribution in [0.4, 0.5) is 10.1 Å². The predicted octanol–water partition coefficient (Wildman–Crippen LogP) is 3.23. The SMILES string of the molecule is Nc1ccc(-c2cnc3ccc(OCC[18F])cc3n2)cc1. The molecule has 2 N–H and O–H groups in total. The van der Waals surface area contributed by atoms with E-state index in [9.17, 15) is 4.39 Å². The number of hydrogen-bond donors (Lipinski definition) is 1. The molecule has 1 aromatic heterocycles. The van der Waals surface area contributed by atoms with E-state index in [2.05, 4.69) is 9.97 Å². The molecule has 0 radical (unpaired) electrons. The zero-order chi connectivity index (χ0) is 14.7. The van der Waals surface area contributed by atoms with Crippen LogP contribution in [0.15, 0.2) is 48.7 Å². The standard InChI is InChI=1S/C16H14FN3O/c17-7-8-21-13-5-6-14-15(9-13)20-16(10-19-14)11-1-3-12(18)4-2-11/h1-6,9-10H,7-8,18H2/i17-1. The molecular weight excluding hydrogens is 268 g/mol. The first-order valence-corrected chi connectivity index (χ1v) is 6.58. The lowest BCUT2D eigenvalue weighted by molar-refractivity contribution is 0.273. The molecule has 0 bridgehead atoms. The van der Waals surface area contributed by atoms with Crippen LogP contribution in [-0.4, -0.2) is 23.2 Å². The van der Waals surface area contributed by atoms with E-state index in [0.717, 1.165) is 16.8 Å². The topological polar surface area (TPSA) is 61.0 Å². The summed E-state index contributed by atoms with van der Waals surface area (Å²) < 4.78 is 17.4. The maximum atomic E-state index is 12.1. The minimum Gasteiger partial charge on any atom is -0.491 e. The smallest absolute Gasteiger partial charge is 0.123 e. The van der Waals surface area contributed by atoms with Gasteiger partial charge in [0.2, 0.25) is 0 Å². The Kier molecular flexibility index (Phi) is 3.64. The van der Waals surface area contributed by atoms with Gasteiger partial charge in [0, 0.05) is 17.3 Å². The van der Waals surface area contributed by atoms with E-state index in [1.807, 2.05) is 30.3 Å². The average molecular weight is 282 g/mol. The van der Waals surface area contributed by atoms with Crippen LogP contribution in [0.25, 0.3) is 22.3 Å². The van der Waals surface area contributed by atoms with E-state index in [-0.39, 0.29) is 6.61 Å². The first-order valence-electron chi connectivity index (χ1n) is 6.58. The first kappa shape index (κ1) is 13.3. The molecule has 5 heteroatoms. The van der Waals surface area contributed by atoms with Crippen molar-refractivity contribution >= 4 is 16.7 Å². The van der Waals surface area contributed by atoms with E-state index < -0.39 is 6.67 Å². The zero-order valence-corrected chi connectivity index (χ0v) is 11.3. The molecule has 0 unspecified atom stereocenters. The maximum Gasteiger partial charge on any atom is 0.123 e. The summed E-state index contributed by atoms with van der Waals surface area (Å²) in [7, 11) is 0. The molecule has 21 heavy (non-hydrogen) atoms. The molecular formula is C16H14FN3O. The summed E-state index contributed by atoms with van der Waals surface area (Å²) in [4.78, 5) is 8.94. The van der Waals surface area contributed by atoms with Gasteiger partial charge in [0.25, 0.3) is 0 Å². The van der Waals surface area contributed by atoms with Gasteiger partial charge in [-0.15, -0.1) is 0 Å². The normalized spacial score (nSPS) is 10.7. The minimum atomic E-state index is -0.519. The second-order valence-corrected chi connectivity index (χ2v) is 4.57. The van der Waals surface area contributed by atoms with Crippen molar-refractivity contribution in [2.45, 2.75) is 0 Å². The fourth-order valence-corrected chi connectivity index (χ4v) is 2.03. The summed E-state index contributed by atoms with van der Waals surface area (Å²) in [5.41, 5.74) is 9.55. The summed E-state index contributed by atoms with van der Waals surface area (Å²) in [6.45, 7) is -0.480. The fraction of sp³-hybridized carbons (Fsp3) is 0.125. The number of halogens is 1. The van der Waals surface area contributed by atoms with Crippen molar-refractivity contribution in [1.82, 2.24) is 9.97 Å². The van der Waals surface area contributed by atoms with Gasteiger partial charge in [-0.25, -0.2) is 9.37 Å². The molecule has 0 saturated carbocycles. The van der Waals surface area contributed by atoms with Gasteiger partial charge < -0.3 is 10.5 Å². The van der Waals surface area contributed by atoms with Gasteiger partial charge in [0.1, 0.15) is 19.0 Å². The van der Waals surface area contributed by atoms with Crippen molar-refractivity contribution in [3.05, 3.63) is 48.7 Å². The van der Waals surface area contributed by atoms with Gasteiger partial charge in [-0.05, 0) is 24.3 Å². The van der Waals surface area contributed by atoms with Crippen LogP contribution in [0, 0.1) is 0 Å². The fourth-order valence-electron chi connectivity index (χ4n) is 2.03. The predicted molar refractivity (Wildman–Crippen MR) is 80.9 cm³/mol. The largest absolute Gasteiger partial charge is 0.491 e. The second kappa shape index (κ2) is 5.75. The minimum absolute atomic E-state index is 0.0383. The highest BCUT2D eigenvalue weighted by Crippen LogP contribution is 2.23. The highest BCUT2D eigenvalue weighted by atomic mass is 18.2. The van der Waals surface area contributed by atoms with Crippen LogP contribution in [0.1, 0.15) is 0 Å². The van der Waals surface area contributed by atoms with Crippen LogP contribution in [-0.2, 0) is 0 Å². The van der Waals surface area contributed by atoms with E-state index in [1.54, 1.807) is 18.3 Å². The van der Waals surface area contributed by atoms with E-state index in [0.29, 0.717) is 17.0 Å². The maximum absolute atomic E-state index is 12.1.